The number of benzene rings is 2. The van der Waals surface area contributed by atoms with Crippen molar-refractivity contribution in [2.75, 3.05) is 0 Å². The molecule has 0 saturated heterocycles. The molecule has 3 rings (SSSR count). The predicted octanol–water partition coefficient (Wildman–Crippen LogP) is 5.53. The molecule has 0 N–H and O–H groups in total. The standard InChI is InChI=1S/C17H10ClNS/c18-17(14(10-19)12-6-2-1-3-7-12)15-11-20-16-9-5-4-8-13(15)16/h1-9,11H. The van der Waals surface area contributed by atoms with Gasteiger partial charge in [-0.2, -0.15) is 5.26 Å². The monoisotopic (exact) mass is 295 g/mol. The molecule has 0 unspecified atom stereocenters. The van der Waals surface area contributed by atoms with Crippen LogP contribution in [0.4, 0.5) is 0 Å². The Morgan fingerprint density at radius 3 is 2.45 bits per heavy atom. The molecule has 20 heavy (non-hydrogen) atoms. The largest absolute Gasteiger partial charge is 0.192 e. The summed E-state index contributed by atoms with van der Waals surface area (Å²) in [6.45, 7) is 0. The number of nitriles is 1. The van der Waals surface area contributed by atoms with Gasteiger partial charge in [-0.3, -0.25) is 0 Å². The van der Waals surface area contributed by atoms with Gasteiger partial charge in [-0.15, -0.1) is 11.3 Å². The number of nitrogens with zero attached hydrogens (tertiary/aromatic N) is 1. The van der Waals surface area contributed by atoms with E-state index in [0.717, 1.165) is 16.5 Å². The zero-order valence-corrected chi connectivity index (χ0v) is 12.1. The third-order valence-electron chi connectivity index (χ3n) is 3.11. The molecule has 1 aromatic heterocycles. The van der Waals surface area contributed by atoms with Crippen molar-refractivity contribution in [1.82, 2.24) is 0 Å². The quantitative estimate of drug-likeness (QED) is 0.570. The van der Waals surface area contributed by atoms with Crippen molar-refractivity contribution in [2.45, 2.75) is 0 Å². The second-order valence-electron chi connectivity index (χ2n) is 4.31. The Morgan fingerprint density at radius 2 is 1.70 bits per heavy atom. The van der Waals surface area contributed by atoms with Crippen LogP contribution in [0.3, 0.4) is 0 Å². The first-order chi connectivity index (χ1) is 9.81. The van der Waals surface area contributed by atoms with Crippen molar-refractivity contribution in [3.8, 4) is 6.07 Å². The molecule has 3 aromatic rings. The van der Waals surface area contributed by atoms with Crippen LogP contribution < -0.4 is 0 Å². The molecular weight excluding hydrogens is 286 g/mol. The van der Waals surface area contributed by atoms with E-state index < -0.39 is 0 Å². The maximum atomic E-state index is 9.43. The molecule has 0 fully saturated rings. The molecule has 0 spiro atoms. The first-order valence-corrected chi connectivity index (χ1v) is 7.39. The smallest absolute Gasteiger partial charge is 0.101 e. The lowest BCUT2D eigenvalue weighted by molar-refractivity contribution is 1.52. The van der Waals surface area contributed by atoms with Gasteiger partial charge < -0.3 is 0 Å². The molecule has 2 aromatic carbocycles. The Bertz CT molecular complexity index is 825. The van der Waals surface area contributed by atoms with Gasteiger partial charge in [-0.05, 0) is 11.6 Å². The van der Waals surface area contributed by atoms with Crippen LogP contribution in [0.15, 0.2) is 60.0 Å². The maximum Gasteiger partial charge on any atom is 0.101 e. The molecule has 1 heterocycles. The first-order valence-electron chi connectivity index (χ1n) is 6.13. The summed E-state index contributed by atoms with van der Waals surface area (Å²) in [5, 5.41) is 13.0. The van der Waals surface area contributed by atoms with Crippen LogP contribution in [0.2, 0.25) is 0 Å². The third-order valence-corrected chi connectivity index (χ3v) is 4.47. The fraction of sp³-hybridized carbons (Fsp3) is 0. The molecule has 1 nitrogen and oxygen atoms in total. The van der Waals surface area contributed by atoms with Crippen LogP contribution in [0.1, 0.15) is 11.1 Å². The summed E-state index contributed by atoms with van der Waals surface area (Å²) in [6, 6.07) is 19.8. The number of halogens is 1. The maximum absolute atomic E-state index is 9.43. The SMILES string of the molecule is N#CC(=C(Cl)c1csc2ccccc12)c1ccccc1. The lowest BCUT2D eigenvalue weighted by atomic mass is 10.0. The highest BCUT2D eigenvalue weighted by atomic mass is 35.5. The zero-order valence-electron chi connectivity index (χ0n) is 10.5. The Labute approximate surface area is 126 Å². The second-order valence-corrected chi connectivity index (χ2v) is 5.60. The molecule has 0 bridgehead atoms. The van der Waals surface area contributed by atoms with E-state index in [9.17, 15) is 5.26 Å². The molecule has 0 amide bonds. The fourth-order valence-corrected chi connectivity index (χ4v) is 3.45. The lowest BCUT2D eigenvalue weighted by Gasteiger charge is -2.03. The van der Waals surface area contributed by atoms with E-state index in [1.807, 2.05) is 53.9 Å². The topological polar surface area (TPSA) is 23.8 Å². The molecule has 0 radical (unpaired) electrons. The van der Waals surface area contributed by atoms with E-state index in [0.29, 0.717) is 10.6 Å². The summed E-state index contributed by atoms with van der Waals surface area (Å²) < 4.78 is 1.17. The number of thiophene rings is 1. The number of hydrogen-bond acceptors (Lipinski definition) is 2. The van der Waals surface area contributed by atoms with E-state index in [1.54, 1.807) is 11.3 Å². The first kappa shape index (κ1) is 12.9. The van der Waals surface area contributed by atoms with Crippen molar-refractivity contribution in [3.05, 3.63) is 71.1 Å². The van der Waals surface area contributed by atoms with Gasteiger partial charge in [0.25, 0.3) is 0 Å². The highest BCUT2D eigenvalue weighted by molar-refractivity contribution is 7.17. The zero-order chi connectivity index (χ0) is 13.9. The van der Waals surface area contributed by atoms with Crippen molar-refractivity contribution in [1.29, 1.82) is 5.26 Å². The molecular formula is C17H10ClNS. The Hall–Kier alpha value is -2.08. The summed E-state index contributed by atoms with van der Waals surface area (Å²) in [5.41, 5.74) is 2.28. The van der Waals surface area contributed by atoms with Crippen molar-refractivity contribution >= 4 is 43.6 Å². The van der Waals surface area contributed by atoms with Gasteiger partial charge in [-0.1, -0.05) is 60.1 Å². The summed E-state index contributed by atoms with van der Waals surface area (Å²) in [7, 11) is 0. The van der Waals surface area contributed by atoms with Crippen LogP contribution in [0, 0.1) is 11.3 Å². The Morgan fingerprint density at radius 1 is 1.00 bits per heavy atom. The van der Waals surface area contributed by atoms with Crippen molar-refractivity contribution in [2.24, 2.45) is 0 Å². The Kier molecular flexibility index (Phi) is 3.56. The number of rotatable bonds is 2. The average molecular weight is 296 g/mol. The van der Waals surface area contributed by atoms with Gasteiger partial charge in [0.05, 0.1) is 10.6 Å². The van der Waals surface area contributed by atoms with E-state index in [-0.39, 0.29) is 0 Å². The molecule has 96 valence electrons. The molecule has 0 aliphatic carbocycles. The van der Waals surface area contributed by atoms with Gasteiger partial charge in [0, 0.05) is 21.0 Å². The van der Waals surface area contributed by atoms with Crippen LogP contribution >= 0.6 is 22.9 Å². The Balaban J connectivity index is 2.22. The molecule has 0 aliphatic rings. The number of allylic oxidation sites excluding steroid dienone is 1. The van der Waals surface area contributed by atoms with Crippen LogP contribution in [0.5, 0.6) is 0 Å². The second kappa shape index (κ2) is 5.50. The minimum absolute atomic E-state index is 0.510. The van der Waals surface area contributed by atoms with Crippen LogP contribution in [-0.2, 0) is 0 Å². The fourth-order valence-electron chi connectivity index (χ4n) is 2.13. The van der Waals surface area contributed by atoms with Crippen LogP contribution in [-0.4, -0.2) is 0 Å². The minimum atomic E-state index is 0.510. The third kappa shape index (κ3) is 2.22. The summed E-state index contributed by atoms with van der Waals surface area (Å²) in [5.74, 6) is 0. The minimum Gasteiger partial charge on any atom is -0.192 e. The average Bonchev–Trinajstić information content (AvgIpc) is 2.93. The van der Waals surface area contributed by atoms with Gasteiger partial charge in [0.15, 0.2) is 0 Å². The van der Waals surface area contributed by atoms with Gasteiger partial charge in [0.2, 0.25) is 0 Å². The highest BCUT2D eigenvalue weighted by Gasteiger charge is 2.13. The van der Waals surface area contributed by atoms with E-state index >= 15 is 0 Å². The van der Waals surface area contributed by atoms with E-state index in [4.69, 9.17) is 11.6 Å². The van der Waals surface area contributed by atoms with E-state index in [1.165, 1.54) is 4.70 Å². The lowest BCUT2D eigenvalue weighted by Crippen LogP contribution is -1.85. The summed E-state index contributed by atoms with van der Waals surface area (Å²) in [6.07, 6.45) is 0. The van der Waals surface area contributed by atoms with Crippen molar-refractivity contribution in [3.63, 3.8) is 0 Å². The molecule has 3 heteroatoms. The normalized spacial score (nSPS) is 12.0. The van der Waals surface area contributed by atoms with E-state index in [2.05, 4.69) is 12.1 Å². The predicted molar refractivity (Wildman–Crippen MR) is 86.5 cm³/mol. The van der Waals surface area contributed by atoms with Gasteiger partial charge in [-0.25, -0.2) is 0 Å². The van der Waals surface area contributed by atoms with Crippen LogP contribution in [0.25, 0.3) is 20.7 Å². The number of hydrogen-bond donors (Lipinski definition) is 0. The highest BCUT2D eigenvalue weighted by Crippen LogP contribution is 2.36. The number of fused-ring (bicyclic) bond motifs is 1. The van der Waals surface area contributed by atoms with Crippen molar-refractivity contribution < 1.29 is 0 Å². The molecule has 0 saturated carbocycles. The molecule has 0 aliphatic heterocycles. The summed E-state index contributed by atoms with van der Waals surface area (Å²) >= 11 is 8.13. The molecule has 0 atom stereocenters. The van der Waals surface area contributed by atoms with Gasteiger partial charge in [0.1, 0.15) is 6.07 Å². The van der Waals surface area contributed by atoms with Gasteiger partial charge >= 0.3 is 0 Å². The summed E-state index contributed by atoms with van der Waals surface area (Å²) in [4.78, 5) is 0.